The Morgan fingerprint density at radius 1 is 1.38 bits per heavy atom. The Hall–Kier alpha value is -1.16. The van der Waals surface area contributed by atoms with Gasteiger partial charge in [-0.15, -0.1) is 13.2 Å². The van der Waals surface area contributed by atoms with Gasteiger partial charge >= 0.3 is 0 Å². The summed E-state index contributed by atoms with van der Waals surface area (Å²) in [6, 6.07) is 0. The fourth-order valence-corrected chi connectivity index (χ4v) is 1.52. The molecule has 1 aliphatic rings. The van der Waals surface area contributed by atoms with Gasteiger partial charge in [-0.05, 0) is 12.2 Å². The van der Waals surface area contributed by atoms with Gasteiger partial charge in [-0.3, -0.25) is 9.69 Å². The molecule has 1 amide bonds. The maximum atomic E-state index is 11.4. The maximum absolute atomic E-state index is 11.4. The maximum Gasteiger partial charge on any atom is 0.248 e. The smallest absolute Gasteiger partial charge is 0.248 e. The number of thiocarbonyl (C=S) groups is 1. The fourth-order valence-electron chi connectivity index (χ4n) is 1.20. The van der Waals surface area contributed by atoms with Gasteiger partial charge in [-0.25, -0.2) is 0 Å². The summed E-state index contributed by atoms with van der Waals surface area (Å²) in [6.07, 6.45) is 3.40. The lowest BCUT2D eigenvalue weighted by Crippen LogP contribution is -2.32. The van der Waals surface area contributed by atoms with Crippen molar-refractivity contribution in [1.82, 2.24) is 9.80 Å². The van der Waals surface area contributed by atoms with Gasteiger partial charge in [0, 0.05) is 13.1 Å². The molecule has 1 fully saturated rings. The van der Waals surface area contributed by atoms with Gasteiger partial charge in [-0.2, -0.15) is 0 Å². The number of amides is 1. The molecular weight excluding hydrogens is 184 g/mol. The third kappa shape index (κ3) is 1.95. The molecule has 1 heterocycles. The van der Waals surface area contributed by atoms with E-state index in [1.54, 1.807) is 17.1 Å². The Balaban J connectivity index is 2.68. The van der Waals surface area contributed by atoms with Gasteiger partial charge in [0.1, 0.15) is 0 Å². The highest BCUT2D eigenvalue weighted by Crippen LogP contribution is 2.09. The van der Waals surface area contributed by atoms with Crippen molar-refractivity contribution >= 4 is 23.2 Å². The standard InChI is InChI=1S/C9H12N2OS/c1-3-5-10-7-8(12)11(6-4-2)9(10)13/h3-4H,1-2,5-7H2. The first-order valence-electron chi connectivity index (χ1n) is 4.01. The minimum absolute atomic E-state index is 0.0340. The van der Waals surface area contributed by atoms with Crippen LogP contribution in [0.2, 0.25) is 0 Å². The van der Waals surface area contributed by atoms with E-state index in [4.69, 9.17) is 12.2 Å². The van der Waals surface area contributed by atoms with E-state index in [1.807, 2.05) is 4.90 Å². The Kier molecular flexibility index (Phi) is 3.19. The average molecular weight is 196 g/mol. The highest BCUT2D eigenvalue weighted by molar-refractivity contribution is 7.80. The first-order valence-corrected chi connectivity index (χ1v) is 4.42. The van der Waals surface area contributed by atoms with Crippen LogP contribution in [0.5, 0.6) is 0 Å². The van der Waals surface area contributed by atoms with E-state index in [1.165, 1.54) is 0 Å². The van der Waals surface area contributed by atoms with Crippen molar-refractivity contribution in [2.75, 3.05) is 19.6 Å². The van der Waals surface area contributed by atoms with Crippen molar-refractivity contribution in [3.8, 4) is 0 Å². The van der Waals surface area contributed by atoms with Crippen LogP contribution in [0.4, 0.5) is 0 Å². The summed E-state index contributed by atoms with van der Waals surface area (Å²) < 4.78 is 0. The molecule has 0 radical (unpaired) electrons. The number of carbonyl (C=O) groups is 1. The average Bonchev–Trinajstić information content (AvgIpc) is 2.34. The Morgan fingerprint density at radius 3 is 2.54 bits per heavy atom. The predicted molar refractivity (Wildman–Crippen MR) is 56.3 cm³/mol. The van der Waals surface area contributed by atoms with Gasteiger partial charge in [0.15, 0.2) is 5.11 Å². The molecule has 0 unspecified atom stereocenters. The zero-order valence-corrected chi connectivity index (χ0v) is 8.22. The molecule has 0 aromatic rings. The van der Waals surface area contributed by atoms with Crippen molar-refractivity contribution in [1.29, 1.82) is 0 Å². The summed E-state index contributed by atoms with van der Waals surface area (Å²) in [5.41, 5.74) is 0. The van der Waals surface area contributed by atoms with Crippen molar-refractivity contribution in [3.05, 3.63) is 25.3 Å². The van der Waals surface area contributed by atoms with Gasteiger partial charge in [0.2, 0.25) is 5.91 Å². The number of nitrogens with zero attached hydrogens (tertiary/aromatic N) is 2. The van der Waals surface area contributed by atoms with Gasteiger partial charge in [0.25, 0.3) is 0 Å². The zero-order valence-electron chi connectivity index (χ0n) is 7.40. The highest BCUT2D eigenvalue weighted by atomic mass is 32.1. The molecule has 1 rings (SSSR count). The van der Waals surface area contributed by atoms with E-state index in [2.05, 4.69) is 13.2 Å². The van der Waals surface area contributed by atoms with Crippen molar-refractivity contribution in [2.24, 2.45) is 0 Å². The third-order valence-corrected chi connectivity index (χ3v) is 2.27. The van der Waals surface area contributed by atoms with E-state index in [0.29, 0.717) is 24.7 Å². The third-order valence-electron chi connectivity index (χ3n) is 1.79. The second-order valence-corrected chi connectivity index (χ2v) is 3.11. The van der Waals surface area contributed by atoms with Crippen LogP contribution in [0.25, 0.3) is 0 Å². The van der Waals surface area contributed by atoms with Gasteiger partial charge in [0.05, 0.1) is 6.54 Å². The lowest BCUT2D eigenvalue weighted by atomic mass is 10.5. The molecule has 0 aromatic carbocycles. The summed E-state index contributed by atoms with van der Waals surface area (Å²) in [4.78, 5) is 14.7. The molecule has 4 heteroatoms. The molecule has 13 heavy (non-hydrogen) atoms. The van der Waals surface area contributed by atoms with Crippen molar-refractivity contribution < 1.29 is 4.79 Å². The van der Waals surface area contributed by atoms with E-state index < -0.39 is 0 Å². The molecule has 1 saturated heterocycles. The van der Waals surface area contributed by atoms with Crippen LogP contribution in [0.3, 0.4) is 0 Å². The monoisotopic (exact) mass is 196 g/mol. The molecular formula is C9H12N2OS. The second-order valence-electron chi connectivity index (χ2n) is 2.74. The SMILES string of the molecule is C=CCN1CC(=O)N(CC=C)C1=S. The lowest BCUT2D eigenvalue weighted by molar-refractivity contribution is -0.124. The summed E-state index contributed by atoms with van der Waals surface area (Å²) in [5, 5.41) is 0.574. The van der Waals surface area contributed by atoms with Crippen LogP contribution >= 0.6 is 12.2 Å². The van der Waals surface area contributed by atoms with Crippen LogP contribution in [-0.2, 0) is 4.79 Å². The van der Waals surface area contributed by atoms with Gasteiger partial charge < -0.3 is 4.90 Å². The van der Waals surface area contributed by atoms with Crippen LogP contribution in [-0.4, -0.2) is 40.5 Å². The van der Waals surface area contributed by atoms with E-state index in [-0.39, 0.29) is 5.91 Å². The highest BCUT2D eigenvalue weighted by Gasteiger charge is 2.30. The first-order chi connectivity index (χ1) is 6.20. The molecule has 0 saturated carbocycles. The number of rotatable bonds is 4. The summed E-state index contributed by atoms with van der Waals surface area (Å²) in [6.45, 7) is 8.65. The number of hydrogen-bond donors (Lipinski definition) is 0. The fraction of sp³-hybridized carbons (Fsp3) is 0.333. The quantitative estimate of drug-likeness (QED) is 0.490. The molecule has 0 spiro atoms. The normalized spacial score (nSPS) is 16.6. The molecule has 3 nitrogen and oxygen atoms in total. The molecule has 0 N–H and O–H groups in total. The topological polar surface area (TPSA) is 23.6 Å². The predicted octanol–water partition coefficient (Wildman–Crippen LogP) is 0.787. The van der Waals surface area contributed by atoms with E-state index in [9.17, 15) is 4.79 Å². The molecule has 0 aliphatic carbocycles. The molecule has 0 bridgehead atoms. The first kappa shape index (κ1) is 9.92. The molecule has 1 aliphatic heterocycles. The largest absolute Gasteiger partial charge is 0.336 e. The van der Waals surface area contributed by atoms with Gasteiger partial charge in [-0.1, -0.05) is 12.2 Å². The van der Waals surface area contributed by atoms with Crippen molar-refractivity contribution in [2.45, 2.75) is 0 Å². The van der Waals surface area contributed by atoms with Crippen LogP contribution < -0.4 is 0 Å². The van der Waals surface area contributed by atoms with Crippen LogP contribution in [0.1, 0.15) is 0 Å². The Morgan fingerprint density at radius 2 is 2.00 bits per heavy atom. The number of carbonyl (C=O) groups excluding carboxylic acids is 1. The summed E-state index contributed by atoms with van der Waals surface area (Å²) in [7, 11) is 0. The Bertz CT molecular complexity index is 262. The zero-order chi connectivity index (χ0) is 9.84. The molecule has 0 aromatic heterocycles. The minimum atomic E-state index is 0.0340. The molecule has 70 valence electrons. The van der Waals surface area contributed by atoms with Crippen LogP contribution in [0, 0.1) is 0 Å². The summed E-state index contributed by atoms with van der Waals surface area (Å²) >= 11 is 5.11. The lowest BCUT2D eigenvalue weighted by Gasteiger charge is -2.17. The van der Waals surface area contributed by atoms with E-state index in [0.717, 1.165) is 0 Å². The Labute approximate surface area is 83.3 Å². The second kappa shape index (κ2) is 4.18. The van der Waals surface area contributed by atoms with E-state index >= 15 is 0 Å². The molecule has 0 atom stereocenters. The summed E-state index contributed by atoms with van der Waals surface area (Å²) in [5.74, 6) is 0.0340. The number of hydrogen-bond acceptors (Lipinski definition) is 2. The van der Waals surface area contributed by atoms with Crippen molar-refractivity contribution in [3.63, 3.8) is 0 Å². The van der Waals surface area contributed by atoms with Crippen LogP contribution in [0.15, 0.2) is 25.3 Å². The minimum Gasteiger partial charge on any atom is -0.336 e.